The van der Waals surface area contributed by atoms with Crippen molar-refractivity contribution in [2.45, 2.75) is 45.3 Å². The van der Waals surface area contributed by atoms with Crippen LogP contribution in [0.4, 0.5) is 0 Å². The van der Waals surface area contributed by atoms with Crippen molar-refractivity contribution in [3.05, 3.63) is 76.9 Å². The van der Waals surface area contributed by atoms with Gasteiger partial charge in [0.25, 0.3) is 0 Å². The molecule has 0 aromatic heterocycles. The van der Waals surface area contributed by atoms with E-state index >= 15 is 0 Å². The third kappa shape index (κ3) is 3.49. The fourth-order valence-electron chi connectivity index (χ4n) is 4.15. The van der Waals surface area contributed by atoms with Gasteiger partial charge in [-0.15, -0.1) is 0 Å². The first-order valence-electron chi connectivity index (χ1n) is 9.76. The highest BCUT2D eigenvalue weighted by atomic mass is 28.4. The number of hydrogen-bond donors (Lipinski definition) is 0. The van der Waals surface area contributed by atoms with Crippen LogP contribution in [0.15, 0.2) is 60.2 Å². The molecule has 0 saturated heterocycles. The zero-order valence-electron chi connectivity index (χ0n) is 16.1. The summed E-state index contributed by atoms with van der Waals surface area (Å²) >= 11 is 0. The fraction of sp³-hybridized carbons (Fsp3) is 0.333. The van der Waals surface area contributed by atoms with Crippen molar-refractivity contribution in [2.75, 3.05) is 6.61 Å². The highest BCUT2D eigenvalue weighted by Crippen LogP contribution is 2.42. The van der Waals surface area contributed by atoms with Crippen LogP contribution in [-0.2, 0) is 10.8 Å². The molecule has 0 radical (unpaired) electrons. The molecular formula is C24H28OSi. The van der Waals surface area contributed by atoms with E-state index in [1.165, 1.54) is 39.0 Å². The normalized spacial score (nSPS) is 15.5. The van der Waals surface area contributed by atoms with E-state index in [-0.39, 0.29) is 0 Å². The molecule has 0 unspecified atom stereocenters. The van der Waals surface area contributed by atoms with E-state index in [9.17, 15) is 0 Å². The number of allylic oxidation sites excluding steroid dienone is 4. The molecule has 0 aliphatic heterocycles. The Bertz CT molecular complexity index is 883. The molecule has 0 saturated carbocycles. The van der Waals surface area contributed by atoms with E-state index in [2.05, 4.69) is 74.3 Å². The standard InChI is InChI=1S/C24H28OSi/c1-26(2,3)25-16-8-11-18-10-6-13-20(18)22-14-7-15-23-21-12-5-4-9-19(21)17-24(22)23/h4-7,9-10,12,14-15H,8,11,13,16-17H2,1-3H3. The predicted molar refractivity (Wildman–Crippen MR) is 114 cm³/mol. The summed E-state index contributed by atoms with van der Waals surface area (Å²) in [6.45, 7) is 7.67. The van der Waals surface area contributed by atoms with Gasteiger partial charge >= 0.3 is 0 Å². The average molecular weight is 361 g/mol. The van der Waals surface area contributed by atoms with E-state index in [1.807, 2.05) is 0 Å². The molecule has 0 N–H and O–H groups in total. The minimum absolute atomic E-state index is 0.888. The highest BCUT2D eigenvalue weighted by Gasteiger charge is 2.23. The summed E-state index contributed by atoms with van der Waals surface area (Å²) in [4.78, 5) is 0. The molecule has 1 nitrogen and oxygen atoms in total. The van der Waals surface area contributed by atoms with Crippen molar-refractivity contribution >= 4 is 13.9 Å². The number of hydrogen-bond acceptors (Lipinski definition) is 1. The van der Waals surface area contributed by atoms with Gasteiger partial charge in [0.05, 0.1) is 0 Å². The van der Waals surface area contributed by atoms with Crippen LogP contribution in [0.25, 0.3) is 16.7 Å². The molecule has 2 aromatic carbocycles. The molecule has 0 bridgehead atoms. The lowest BCUT2D eigenvalue weighted by molar-refractivity contribution is 0.305. The molecule has 26 heavy (non-hydrogen) atoms. The van der Waals surface area contributed by atoms with Gasteiger partial charge in [0, 0.05) is 6.61 Å². The largest absolute Gasteiger partial charge is 0.418 e. The Labute approximate surface area is 158 Å². The second-order valence-corrected chi connectivity index (χ2v) is 12.9. The van der Waals surface area contributed by atoms with Crippen molar-refractivity contribution in [1.29, 1.82) is 0 Å². The molecule has 2 aliphatic carbocycles. The van der Waals surface area contributed by atoms with Crippen LogP contribution in [-0.4, -0.2) is 14.9 Å². The van der Waals surface area contributed by atoms with Gasteiger partial charge < -0.3 is 4.43 Å². The van der Waals surface area contributed by atoms with E-state index < -0.39 is 8.32 Å². The van der Waals surface area contributed by atoms with E-state index in [0.717, 1.165) is 32.3 Å². The first-order chi connectivity index (χ1) is 12.5. The smallest absolute Gasteiger partial charge is 0.183 e. The van der Waals surface area contributed by atoms with Crippen LogP contribution in [0.5, 0.6) is 0 Å². The maximum atomic E-state index is 6.04. The number of rotatable bonds is 6. The Hall–Kier alpha value is -1.90. The molecular weight excluding hydrogens is 332 g/mol. The van der Waals surface area contributed by atoms with Gasteiger partial charge in [-0.25, -0.2) is 0 Å². The quantitative estimate of drug-likeness (QED) is 0.355. The molecule has 134 valence electrons. The van der Waals surface area contributed by atoms with Crippen molar-refractivity contribution in [3.8, 4) is 11.1 Å². The Balaban J connectivity index is 1.58. The topological polar surface area (TPSA) is 9.23 Å². The minimum Gasteiger partial charge on any atom is -0.418 e. The van der Waals surface area contributed by atoms with Gasteiger partial charge in [-0.1, -0.05) is 54.6 Å². The van der Waals surface area contributed by atoms with Gasteiger partial charge in [0.1, 0.15) is 0 Å². The Morgan fingerprint density at radius 3 is 2.54 bits per heavy atom. The van der Waals surface area contributed by atoms with E-state index in [1.54, 1.807) is 0 Å². The van der Waals surface area contributed by atoms with Crippen molar-refractivity contribution in [1.82, 2.24) is 0 Å². The minimum atomic E-state index is -1.40. The highest BCUT2D eigenvalue weighted by molar-refractivity contribution is 6.69. The molecule has 0 atom stereocenters. The van der Waals surface area contributed by atoms with Crippen LogP contribution in [0, 0.1) is 0 Å². The zero-order valence-corrected chi connectivity index (χ0v) is 17.1. The molecule has 2 heteroatoms. The van der Waals surface area contributed by atoms with Gasteiger partial charge in [-0.2, -0.15) is 0 Å². The van der Waals surface area contributed by atoms with E-state index in [4.69, 9.17) is 4.43 Å². The van der Waals surface area contributed by atoms with Gasteiger partial charge in [0.2, 0.25) is 0 Å². The summed E-state index contributed by atoms with van der Waals surface area (Å²) in [5, 5.41) is 0. The third-order valence-electron chi connectivity index (χ3n) is 5.33. The maximum absolute atomic E-state index is 6.04. The maximum Gasteiger partial charge on any atom is 0.183 e. The van der Waals surface area contributed by atoms with Crippen molar-refractivity contribution in [3.63, 3.8) is 0 Å². The Morgan fingerprint density at radius 1 is 0.923 bits per heavy atom. The van der Waals surface area contributed by atoms with Crippen LogP contribution in [0.2, 0.25) is 19.6 Å². The Kier molecular flexibility index (Phi) is 4.72. The molecule has 4 rings (SSSR count). The summed E-state index contributed by atoms with van der Waals surface area (Å²) in [6, 6.07) is 15.7. The van der Waals surface area contributed by atoms with Gasteiger partial charge in [-0.3, -0.25) is 0 Å². The molecule has 2 aromatic rings. The molecule has 0 fully saturated rings. The van der Waals surface area contributed by atoms with Gasteiger partial charge in [0.15, 0.2) is 8.32 Å². The SMILES string of the molecule is C[Si](C)(C)OCCCC1=C(c2cccc3c2Cc2ccccc2-3)CC=C1. The lowest BCUT2D eigenvalue weighted by Gasteiger charge is -2.17. The van der Waals surface area contributed by atoms with Crippen LogP contribution in [0.3, 0.4) is 0 Å². The molecule has 0 spiro atoms. The molecule has 0 heterocycles. The lowest BCUT2D eigenvalue weighted by Crippen LogP contribution is -2.25. The monoisotopic (exact) mass is 360 g/mol. The second-order valence-electron chi connectivity index (χ2n) is 8.34. The zero-order chi connectivity index (χ0) is 18.1. The summed E-state index contributed by atoms with van der Waals surface area (Å²) in [6.07, 6.45) is 9.03. The number of benzene rings is 2. The van der Waals surface area contributed by atoms with Crippen LogP contribution in [0.1, 0.15) is 36.0 Å². The first kappa shape index (κ1) is 17.5. The third-order valence-corrected chi connectivity index (χ3v) is 6.40. The van der Waals surface area contributed by atoms with Crippen molar-refractivity contribution < 1.29 is 4.43 Å². The summed E-state index contributed by atoms with van der Waals surface area (Å²) in [5.41, 5.74) is 10.3. The second kappa shape index (κ2) is 7.01. The van der Waals surface area contributed by atoms with Gasteiger partial charge in [-0.05, 0) is 84.3 Å². The molecule has 2 aliphatic rings. The molecule has 0 amide bonds. The van der Waals surface area contributed by atoms with E-state index in [0.29, 0.717) is 0 Å². The summed E-state index contributed by atoms with van der Waals surface area (Å²) in [7, 11) is -1.40. The Morgan fingerprint density at radius 2 is 1.69 bits per heavy atom. The summed E-state index contributed by atoms with van der Waals surface area (Å²) < 4.78 is 6.04. The van der Waals surface area contributed by atoms with Crippen LogP contribution < -0.4 is 0 Å². The summed E-state index contributed by atoms with van der Waals surface area (Å²) in [5.74, 6) is 0. The predicted octanol–water partition coefficient (Wildman–Crippen LogP) is 6.60. The fourth-order valence-corrected chi connectivity index (χ4v) is 4.91. The first-order valence-corrected chi connectivity index (χ1v) is 13.2. The average Bonchev–Trinajstić information content (AvgIpc) is 3.22. The van der Waals surface area contributed by atoms with Crippen molar-refractivity contribution in [2.24, 2.45) is 0 Å². The van der Waals surface area contributed by atoms with Crippen LogP contribution >= 0.6 is 0 Å². The number of fused-ring (bicyclic) bond motifs is 3. The lowest BCUT2D eigenvalue weighted by atomic mass is 9.92.